The van der Waals surface area contributed by atoms with E-state index >= 15 is 0 Å². The number of hydrogen-bond acceptors (Lipinski definition) is 8. The minimum Gasteiger partial charge on any atom is -0.460 e. The molecule has 0 heterocycles. The summed E-state index contributed by atoms with van der Waals surface area (Å²) in [6.45, 7) is 18.7. The van der Waals surface area contributed by atoms with Crippen LogP contribution in [0.4, 0.5) is 0 Å². The molecule has 224 valence electrons. The Morgan fingerprint density at radius 1 is 0.590 bits per heavy atom. The minimum atomic E-state index is -0.380. The summed E-state index contributed by atoms with van der Waals surface area (Å²) in [4.78, 5) is 22.7. The molecule has 8 nitrogen and oxygen atoms in total. The zero-order valence-corrected chi connectivity index (χ0v) is 24.8. The number of hydrogen-bond donors (Lipinski definition) is 0. The Morgan fingerprint density at radius 3 is 1.26 bits per heavy atom. The second-order valence-electron chi connectivity index (χ2n) is 11.6. The van der Waals surface area contributed by atoms with Gasteiger partial charge >= 0.3 is 11.9 Å². The van der Waals surface area contributed by atoms with Crippen molar-refractivity contribution in [3.8, 4) is 0 Å². The van der Waals surface area contributed by atoms with Crippen LogP contribution in [-0.2, 0) is 38.0 Å². The van der Waals surface area contributed by atoms with Crippen LogP contribution >= 0.6 is 0 Å². The van der Waals surface area contributed by atoms with Gasteiger partial charge in [0, 0.05) is 11.1 Å². The Bertz CT molecular complexity index is 699. The summed E-state index contributed by atoms with van der Waals surface area (Å²) < 4.78 is 33.2. The van der Waals surface area contributed by atoms with Crippen LogP contribution in [0.2, 0.25) is 0 Å². The maximum absolute atomic E-state index is 11.3. The van der Waals surface area contributed by atoms with Crippen LogP contribution in [0.5, 0.6) is 0 Å². The molecule has 2 saturated carbocycles. The zero-order valence-electron chi connectivity index (χ0n) is 24.8. The second kappa shape index (κ2) is 17.8. The van der Waals surface area contributed by atoms with Crippen LogP contribution in [0, 0.1) is 17.3 Å². The van der Waals surface area contributed by atoms with Gasteiger partial charge < -0.3 is 28.4 Å². The molecule has 0 bridgehead atoms. The van der Waals surface area contributed by atoms with Crippen molar-refractivity contribution in [2.45, 2.75) is 91.3 Å². The van der Waals surface area contributed by atoms with Gasteiger partial charge in [-0.1, -0.05) is 27.0 Å². The SMILES string of the molecule is C=C(C)C(=O)OCCOCCOC1CCC(C(C)(C)C2CCC(OCCOCCOC(=O)C(=C)C)CC2)CC1. The molecule has 0 aromatic heterocycles. The lowest BCUT2D eigenvalue weighted by atomic mass is 9.60. The summed E-state index contributed by atoms with van der Waals surface area (Å²) in [5, 5.41) is 0. The Hall–Kier alpha value is -1.74. The number of rotatable bonds is 18. The number of carbonyl (C=O) groups excluding carboxylic acids is 2. The first-order valence-electron chi connectivity index (χ1n) is 14.6. The highest BCUT2D eigenvalue weighted by atomic mass is 16.6. The third-order valence-electron chi connectivity index (χ3n) is 8.23. The summed E-state index contributed by atoms with van der Waals surface area (Å²) >= 11 is 0. The largest absolute Gasteiger partial charge is 0.460 e. The Balaban J connectivity index is 1.52. The van der Waals surface area contributed by atoms with Crippen LogP contribution in [0.3, 0.4) is 0 Å². The topological polar surface area (TPSA) is 89.5 Å². The van der Waals surface area contributed by atoms with Gasteiger partial charge in [0.05, 0.1) is 51.8 Å². The van der Waals surface area contributed by atoms with E-state index in [9.17, 15) is 9.59 Å². The van der Waals surface area contributed by atoms with Crippen molar-refractivity contribution >= 4 is 11.9 Å². The zero-order chi connectivity index (χ0) is 28.7. The average molecular weight is 553 g/mol. The van der Waals surface area contributed by atoms with Gasteiger partial charge in [-0.2, -0.15) is 0 Å². The lowest BCUT2D eigenvalue weighted by Crippen LogP contribution is -2.39. The molecule has 2 fully saturated rings. The molecule has 0 N–H and O–H groups in total. The molecule has 8 heteroatoms. The number of esters is 2. The van der Waals surface area contributed by atoms with E-state index in [1.165, 1.54) is 25.7 Å². The van der Waals surface area contributed by atoms with E-state index in [1.807, 2.05) is 0 Å². The van der Waals surface area contributed by atoms with E-state index in [-0.39, 0.29) is 25.2 Å². The molecule has 2 aliphatic rings. The molecular weight excluding hydrogens is 500 g/mol. The average Bonchev–Trinajstić information content (AvgIpc) is 2.92. The van der Waals surface area contributed by atoms with Crippen LogP contribution in [0.25, 0.3) is 0 Å². The van der Waals surface area contributed by atoms with Crippen molar-refractivity contribution in [1.82, 2.24) is 0 Å². The molecule has 2 aliphatic carbocycles. The first kappa shape index (κ1) is 33.5. The molecule has 0 aromatic rings. The van der Waals surface area contributed by atoms with Crippen LogP contribution in [0.15, 0.2) is 24.3 Å². The van der Waals surface area contributed by atoms with Gasteiger partial charge in [0.25, 0.3) is 0 Å². The summed E-state index contributed by atoms with van der Waals surface area (Å²) in [6, 6.07) is 0. The first-order chi connectivity index (χ1) is 18.6. The van der Waals surface area contributed by atoms with Gasteiger partial charge in [-0.05, 0) is 82.5 Å². The smallest absolute Gasteiger partial charge is 0.333 e. The van der Waals surface area contributed by atoms with E-state index in [0.29, 0.717) is 68.4 Å². The fourth-order valence-electron chi connectivity index (χ4n) is 5.66. The van der Waals surface area contributed by atoms with Crippen molar-refractivity contribution in [3.63, 3.8) is 0 Å². The molecule has 0 aromatic carbocycles. The third-order valence-corrected chi connectivity index (χ3v) is 8.23. The highest BCUT2D eigenvalue weighted by Crippen LogP contribution is 2.48. The molecule has 0 amide bonds. The number of carbonyl (C=O) groups is 2. The summed E-state index contributed by atoms with van der Waals surface area (Å²) in [6.07, 6.45) is 9.90. The lowest BCUT2D eigenvalue weighted by molar-refractivity contribution is -0.141. The Morgan fingerprint density at radius 2 is 0.923 bits per heavy atom. The molecule has 2 rings (SSSR count). The van der Waals surface area contributed by atoms with Gasteiger partial charge in [-0.25, -0.2) is 9.59 Å². The predicted molar refractivity (Wildman–Crippen MR) is 150 cm³/mol. The fourth-order valence-corrected chi connectivity index (χ4v) is 5.66. The Kier molecular flexibility index (Phi) is 15.3. The maximum Gasteiger partial charge on any atom is 0.333 e. The molecule has 0 aliphatic heterocycles. The normalized spacial score (nSPS) is 23.7. The van der Waals surface area contributed by atoms with E-state index in [4.69, 9.17) is 28.4 Å². The van der Waals surface area contributed by atoms with Crippen molar-refractivity contribution in [2.75, 3.05) is 52.9 Å². The van der Waals surface area contributed by atoms with Gasteiger partial charge in [-0.3, -0.25) is 0 Å². The van der Waals surface area contributed by atoms with Gasteiger partial charge in [0.1, 0.15) is 13.2 Å². The number of ether oxygens (including phenoxy) is 6. The second-order valence-corrected chi connectivity index (χ2v) is 11.6. The molecule has 0 radical (unpaired) electrons. The molecule has 0 atom stereocenters. The fraction of sp³-hybridized carbons (Fsp3) is 0.806. The van der Waals surface area contributed by atoms with E-state index < -0.39 is 0 Å². The first-order valence-corrected chi connectivity index (χ1v) is 14.6. The van der Waals surface area contributed by atoms with Gasteiger partial charge in [0.15, 0.2) is 0 Å². The summed E-state index contributed by atoms with van der Waals surface area (Å²) in [7, 11) is 0. The van der Waals surface area contributed by atoms with Crippen LogP contribution < -0.4 is 0 Å². The van der Waals surface area contributed by atoms with Crippen molar-refractivity contribution in [3.05, 3.63) is 24.3 Å². The van der Waals surface area contributed by atoms with E-state index in [0.717, 1.165) is 37.5 Å². The highest BCUT2D eigenvalue weighted by Gasteiger charge is 2.40. The summed E-state index contributed by atoms with van der Waals surface area (Å²) in [5.41, 5.74) is 1.12. The van der Waals surface area contributed by atoms with Crippen LogP contribution in [-0.4, -0.2) is 77.0 Å². The van der Waals surface area contributed by atoms with E-state index in [1.54, 1.807) is 13.8 Å². The quantitative estimate of drug-likeness (QED) is 0.126. The van der Waals surface area contributed by atoms with Gasteiger partial charge in [0.2, 0.25) is 0 Å². The van der Waals surface area contributed by atoms with Crippen molar-refractivity contribution in [1.29, 1.82) is 0 Å². The minimum absolute atomic E-state index is 0.241. The monoisotopic (exact) mass is 552 g/mol. The molecule has 0 spiro atoms. The standard InChI is InChI=1S/C31H52O8/c1-23(2)29(32)38-21-17-34-15-19-36-27-11-7-25(8-12-27)31(5,6)26-9-13-28(14-10-26)37-20-16-35-18-22-39-30(33)24(3)4/h25-28H,1,3,7-22H2,2,4-6H3. The molecule has 39 heavy (non-hydrogen) atoms. The Labute approximate surface area is 235 Å². The van der Waals surface area contributed by atoms with Gasteiger partial charge in [-0.15, -0.1) is 0 Å². The van der Waals surface area contributed by atoms with Crippen molar-refractivity contribution in [2.24, 2.45) is 17.3 Å². The van der Waals surface area contributed by atoms with Crippen LogP contribution in [0.1, 0.15) is 79.1 Å². The third kappa shape index (κ3) is 12.5. The lowest BCUT2D eigenvalue weighted by Gasteiger charge is -2.46. The molecule has 0 saturated heterocycles. The molecule has 0 unspecified atom stereocenters. The summed E-state index contributed by atoms with van der Waals surface area (Å²) in [5.74, 6) is 0.697. The predicted octanol–water partition coefficient (Wildman–Crippen LogP) is 5.44. The maximum atomic E-state index is 11.3. The highest BCUT2D eigenvalue weighted by molar-refractivity contribution is 5.87. The van der Waals surface area contributed by atoms with Crippen molar-refractivity contribution < 1.29 is 38.0 Å². The van der Waals surface area contributed by atoms with E-state index in [2.05, 4.69) is 27.0 Å². The molecular formula is C31H52O8.